The van der Waals surface area contributed by atoms with E-state index in [1.165, 1.54) is 5.56 Å². The molecule has 112 valence electrons. The number of aromatic nitrogens is 4. The summed E-state index contributed by atoms with van der Waals surface area (Å²) in [4.78, 5) is 2.40. The van der Waals surface area contributed by atoms with Crippen LogP contribution in [-0.4, -0.2) is 57.5 Å². The van der Waals surface area contributed by atoms with Crippen molar-refractivity contribution in [3.8, 4) is 5.69 Å². The smallest absolute Gasteiger partial charge is 0.143 e. The molecular weight excluding hydrogens is 268 g/mol. The molecule has 0 bridgehead atoms. The van der Waals surface area contributed by atoms with Crippen molar-refractivity contribution in [3.05, 3.63) is 36.2 Å². The zero-order valence-electron chi connectivity index (χ0n) is 12.1. The summed E-state index contributed by atoms with van der Waals surface area (Å²) in [6.07, 6.45) is 1.73. The minimum Gasteiger partial charge on any atom is -0.374 e. The number of ether oxygens (including phenoxy) is 1. The first-order valence-electron chi connectivity index (χ1n) is 7.17. The van der Waals surface area contributed by atoms with Crippen LogP contribution in [0.25, 0.3) is 5.69 Å². The Bertz CT molecular complexity index is 573. The lowest BCUT2D eigenvalue weighted by Gasteiger charge is -2.36. The molecule has 2 aromatic rings. The Morgan fingerprint density at radius 1 is 1.48 bits per heavy atom. The van der Waals surface area contributed by atoms with Crippen molar-refractivity contribution in [3.63, 3.8) is 0 Å². The summed E-state index contributed by atoms with van der Waals surface area (Å²) in [6.45, 7) is 5.30. The van der Waals surface area contributed by atoms with Crippen LogP contribution in [0.2, 0.25) is 0 Å². The fourth-order valence-electron chi connectivity index (χ4n) is 2.65. The quantitative estimate of drug-likeness (QED) is 0.876. The van der Waals surface area contributed by atoms with Crippen LogP contribution in [0, 0.1) is 0 Å². The van der Waals surface area contributed by atoms with Gasteiger partial charge >= 0.3 is 0 Å². The summed E-state index contributed by atoms with van der Waals surface area (Å²) < 4.78 is 7.29. The molecule has 0 spiro atoms. The van der Waals surface area contributed by atoms with Crippen molar-refractivity contribution in [2.24, 2.45) is 5.73 Å². The summed E-state index contributed by atoms with van der Waals surface area (Å²) in [5.74, 6) is 0. The molecule has 0 aliphatic carbocycles. The van der Waals surface area contributed by atoms with E-state index in [0.29, 0.717) is 12.6 Å². The van der Waals surface area contributed by atoms with Crippen LogP contribution in [-0.2, 0) is 4.74 Å². The van der Waals surface area contributed by atoms with Crippen LogP contribution < -0.4 is 5.73 Å². The zero-order valence-corrected chi connectivity index (χ0v) is 12.1. The van der Waals surface area contributed by atoms with E-state index < -0.39 is 0 Å². The Morgan fingerprint density at radius 3 is 3.14 bits per heavy atom. The fourth-order valence-corrected chi connectivity index (χ4v) is 2.65. The van der Waals surface area contributed by atoms with E-state index in [1.54, 1.807) is 11.0 Å². The second-order valence-corrected chi connectivity index (χ2v) is 5.25. The Kier molecular flexibility index (Phi) is 4.23. The highest BCUT2D eigenvalue weighted by Gasteiger charge is 2.24. The van der Waals surface area contributed by atoms with Crippen molar-refractivity contribution < 1.29 is 4.74 Å². The number of benzene rings is 1. The van der Waals surface area contributed by atoms with Gasteiger partial charge in [-0.1, -0.05) is 12.1 Å². The standard InChI is InChI=1S/C14H20N6O/c1-11(19-5-6-21-14(8-15)9-19)12-3-2-4-13(7-12)20-10-16-17-18-20/h2-4,7,10-11,14H,5-6,8-9,15H2,1H3. The van der Waals surface area contributed by atoms with Crippen LogP contribution in [0.5, 0.6) is 0 Å². The minimum atomic E-state index is 0.129. The van der Waals surface area contributed by atoms with Crippen molar-refractivity contribution in [2.75, 3.05) is 26.2 Å². The van der Waals surface area contributed by atoms with Gasteiger partial charge in [-0.3, -0.25) is 4.90 Å². The molecule has 1 aliphatic heterocycles. The Labute approximate surface area is 123 Å². The molecule has 1 fully saturated rings. The first-order valence-corrected chi connectivity index (χ1v) is 7.17. The lowest BCUT2D eigenvalue weighted by molar-refractivity contribution is -0.0364. The van der Waals surface area contributed by atoms with Gasteiger partial charge in [0.2, 0.25) is 0 Å². The molecule has 1 aromatic carbocycles. The third-order valence-electron chi connectivity index (χ3n) is 3.95. The van der Waals surface area contributed by atoms with E-state index in [-0.39, 0.29) is 6.10 Å². The average Bonchev–Trinajstić information content (AvgIpc) is 3.09. The number of tetrazole rings is 1. The zero-order chi connectivity index (χ0) is 14.7. The highest BCUT2D eigenvalue weighted by atomic mass is 16.5. The predicted molar refractivity (Wildman–Crippen MR) is 77.9 cm³/mol. The molecule has 0 saturated carbocycles. The first kappa shape index (κ1) is 14.1. The highest BCUT2D eigenvalue weighted by Crippen LogP contribution is 2.24. The number of hydrogen-bond donors (Lipinski definition) is 1. The summed E-state index contributed by atoms with van der Waals surface area (Å²) in [7, 11) is 0. The molecule has 3 rings (SSSR count). The van der Waals surface area contributed by atoms with Crippen LogP contribution in [0.3, 0.4) is 0 Å². The normalized spacial score (nSPS) is 21.3. The summed E-state index contributed by atoms with van der Waals surface area (Å²) in [5.41, 5.74) is 7.92. The summed E-state index contributed by atoms with van der Waals surface area (Å²) >= 11 is 0. The number of nitrogens with two attached hydrogens (primary N) is 1. The van der Waals surface area contributed by atoms with Gasteiger partial charge < -0.3 is 10.5 Å². The van der Waals surface area contributed by atoms with E-state index in [0.717, 1.165) is 25.4 Å². The third-order valence-corrected chi connectivity index (χ3v) is 3.95. The number of rotatable bonds is 4. The SMILES string of the molecule is CC(c1cccc(-n2cnnn2)c1)N1CCOC(CN)C1. The van der Waals surface area contributed by atoms with Gasteiger partial charge in [-0.2, -0.15) is 0 Å². The number of hydrogen-bond acceptors (Lipinski definition) is 6. The molecule has 2 heterocycles. The lowest BCUT2D eigenvalue weighted by atomic mass is 10.0. The molecule has 0 radical (unpaired) electrons. The molecule has 7 heteroatoms. The fraction of sp³-hybridized carbons (Fsp3) is 0.500. The average molecular weight is 288 g/mol. The van der Waals surface area contributed by atoms with Crippen LogP contribution in [0.15, 0.2) is 30.6 Å². The Morgan fingerprint density at radius 2 is 2.38 bits per heavy atom. The highest BCUT2D eigenvalue weighted by molar-refractivity contribution is 5.35. The number of nitrogens with zero attached hydrogens (tertiary/aromatic N) is 5. The molecule has 1 aromatic heterocycles. The minimum absolute atomic E-state index is 0.129. The van der Waals surface area contributed by atoms with Gasteiger partial charge in [-0.15, -0.1) is 5.10 Å². The van der Waals surface area contributed by atoms with Crippen molar-refractivity contribution in [2.45, 2.75) is 19.1 Å². The molecule has 1 aliphatic rings. The maximum atomic E-state index is 5.72. The molecular formula is C14H20N6O. The number of morpholine rings is 1. The maximum Gasteiger partial charge on any atom is 0.143 e. The van der Waals surface area contributed by atoms with E-state index in [4.69, 9.17) is 10.5 Å². The second kappa shape index (κ2) is 6.30. The van der Waals surface area contributed by atoms with Crippen LogP contribution in [0.4, 0.5) is 0 Å². The Hall–Kier alpha value is -1.83. The van der Waals surface area contributed by atoms with E-state index in [2.05, 4.69) is 39.5 Å². The van der Waals surface area contributed by atoms with Gasteiger partial charge in [0.05, 0.1) is 18.4 Å². The van der Waals surface area contributed by atoms with Gasteiger partial charge in [0.1, 0.15) is 6.33 Å². The van der Waals surface area contributed by atoms with E-state index in [1.807, 2.05) is 12.1 Å². The van der Waals surface area contributed by atoms with Crippen molar-refractivity contribution in [1.82, 2.24) is 25.1 Å². The molecule has 0 amide bonds. The maximum absolute atomic E-state index is 5.72. The van der Waals surface area contributed by atoms with Gasteiger partial charge in [-0.25, -0.2) is 4.68 Å². The van der Waals surface area contributed by atoms with Crippen LogP contribution >= 0.6 is 0 Å². The van der Waals surface area contributed by atoms with Crippen molar-refractivity contribution in [1.29, 1.82) is 0 Å². The van der Waals surface area contributed by atoms with Gasteiger partial charge in [0.25, 0.3) is 0 Å². The Balaban J connectivity index is 1.78. The molecule has 2 atom stereocenters. The third kappa shape index (κ3) is 3.10. The lowest BCUT2D eigenvalue weighted by Crippen LogP contribution is -2.46. The molecule has 21 heavy (non-hydrogen) atoms. The predicted octanol–water partition coefficient (Wildman–Crippen LogP) is 0.383. The van der Waals surface area contributed by atoms with Gasteiger partial charge in [0.15, 0.2) is 0 Å². The van der Waals surface area contributed by atoms with Crippen LogP contribution in [0.1, 0.15) is 18.5 Å². The monoisotopic (exact) mass is 288 g/mol. The van der Waals surface area contributed by atoms with Gasteiger partial charge in [0, 0.05) is 25.7 Å². The summed E-state index contributed by atoms with van der Waals surface area (Å²) in [5, 5.41) is 11.3. The largest absolute Gasteiger partial charge is 0.374 e. The molecule has 2 N–H and O–H groups in total. The van der Waals surface area contributed by atoms with Crippen molar-refractivity contribution >= 4 is 0 Å². The van der Waals surface area contributed by atoms with E-state index in [9.17, 15) is 0 Å². The summed E-state index contributed by atoms with van der Waals surface area (Å²) in [6, 6.07) is 8.58. The topological polar surface area (TPSA) is 82.1 Å². The second-order valence-electron chi connectivity index (χ2n) is 5.25. The first-order chi connectivity index (χ1) is 10.3. The molecule has 7 nitrogen and oxygen atoms in total. The molecule has 2 unspecified atom stereocenters. The van der Waals surface area contributed by atoms with Gasteiger partial charge in [-0.05, 0) is 35.0 Å². The molecule has 1 saturated heterocycles. The van der Waals surface area contributed by atoms with E-state index >= 15 is 0 Å².